The van der Waals surface area contributed by atoms with Gasteiger partial charge in [0, 0.05) is 6.42 Å². The smallest absolute Gasteiger partial charge is 0.265 e. The summed E-state index contributed by atoms with van der Waals surface area (Å²) in [5.74, 6) is -0.220. The molecule has 1 aromatic carbocycles. The third kappa shape index (κ3) is 3.68. The van der Waals surface area contributed by atoms with Gasteiger partial charge in [-0.15, -0.1) is 11.3 Å². The Balaban J connectivity index is 2.11. The molecule has 0 saturated carbocycles. The zero-order chi connectivity index (χ0) is 14.4. The van der Waals surface area contributed by atoms with Crippen LogP contribution >= 0.6 is 11.3 Å². The maximum atomic E-state index is 12.0. The second-order valence-corrected chi connectivity index (χ2v) is 5.22. The van der Waals surface area contributed by atoms with Crippen LogP contribution < -0.4 is 10.6 Å². The Morgan fingerprint density at radius 2 is 1.75 bits per heavy atom. The molecular formula is C15H16N2O2S. The van der Waals surface area contributed by atoms with Crippen molar-refractivity contribution in [3.63, 3.8) is 0 Å². The van der Waals surface area contributed by atoms with Gasteiger partial charge in [-0.05, 0) is 30.0 Å². The van der Waals surface area contributed by atoms with E-state index in [0.717, 1.165) is 6.42 Å². The molecule has 2 rings (SSSR count). The lowest BCUT2D eigenvalue weighted by Gasteiger charge is -2.11. The first-order valence-electron chi connectivity index (χ1n) is 6.44. The molecule has 1 aromatic heterocycles. The third-order valence-corrected chi connectivity index (χ3v) is 3.54. The Kier molecular flexibility index (Phi) is 4.90. The molecule has 2 N–H and O–H groups in total. The Morgan fingerprint density at radius 1 is 1.05 bits per heavy atom. The van der Waals surface area contributed by atoms with E-state index >= 15 is 0 Å². The fourth-order valence-electron chi connectivity index (χ4n) is 1.73. The predicted molar refractivity (Wildman–Crippen MR) is 82.3 cm³/mol. The molecule has 0 aliphatic carbocycles. The van der Waals surface area contributed by atoms with E-state index in [1.54, 1.807) is 18.2 Å². The number of hydrogen-bond donors (Lipinski definition) is 2. The highest BCUT2D eigenvalue weighted by atomic mass is 32.1. The molecule has 0 spiro atoms. The lowest BCUT2D eigenvalue weighted by Crippen LogP contribution is -2.15. The van der Waals surface area contributed by atoms with Crippen molar-refractivity contribution in [1.29, 1.82) is 0 Å². The number of thiophene rings is 1. The number of rotatable bonds is 5. The van der Waals surface area contributed by atoms with Crippen LogP contribution in [0.25, 0.3) is 0 Å². The third-order valence-electron chi connectivity index (χ3n) is 2.67. The van der Waals surface area contributed by atoms with Crippen LogP contribution in [0.2, 0.25) is 0 Å². The van der Waals surface area contributed by atoms with E-state index in [-0.39, 0.29) is 11.8 Å². The normalized spacial score (nSPS) is 10.1. The molecule has 0 aliphatic heterocycles. The first kappa shape index (κ1) is 14.3. The van der Waals surface area contributed by atoms with Gasteiger partial charge in [-0.2, -0.15) is 0 Å². The Morgan fingerprint density at radius 3 is 2.35 bits per heavy atom. The van der Waals surface area contributed by atoms with Gasteiger partial charge >= 0.3 is 0 Å². The fourth-order valence-corrected chi connectivity index (χ4v) is 2.35. The number of amides is 2. The van der Waals surface area contributed by atoms with Gasteiger partial charge < -0.3 is 10.6 Å². The lowest BCUT2D eigenvalue weighted by atomic mass is 10.2. The highest BCUT2D eigenvalue weighted by Gasteiger charge is 2.10. The molecule has 0 bridgehead atoms. The maximum Gasteiger partial charge on any atom is 0.265 e. The summed E-state index contributed by atoms with van der Waals surface area (Å²) in [6, 6.07) is 10.8. The molecule has 2 amide bonds. The summed E-state index contributed by atoms with van der Waals surface area (Å²) < 4.78 is 0. The first-order valence-corrected chi connectivity index (χ1v) is 7.32. The summed E-state index contributed by atoms with van der Waals surface area (Å²) in [5.41, 5.74) is 1.23. The van der Waals surface area contributed by atoms with Crippen LogP contribution in [0.1, 0.15) is 29.4 Å². The van der Waals surface area contributed by atoms with Gasteiger partial charge in [0.2, 0.25) is 5.91 Å². The minimum Gasteiger partial charge on any atom is -0.324 e. The molecule has 0 aliphatic rings. The van der Waals surface area contributed by atoms with Gasteiger partial charge in [0.05, 0.1) is 16.3 Å². The van der Waals surface area contributed by atoms with Crippen LogP contribution in [0.5, 0.6) is 0 Å². The molecule has 20 heavy (non-hydrogen) atoms. The number of hydrogen-bond acceptors (Lipinski definition) is 3. The maximum absolute atomic E-state index is 12.0. The number of anilines is 2. The average Bonchev–Trinajstić information content (AvgIpc) is 2.95. The summed E-state index contributed by atoms with van der Waals surface area (Å²) >= 11 is 1.38. The average molecular weight is 288 g/mol. The van der Waals surface area contributed by atoms with Crippen LogP contribution in [0.4, 0.5) is 11.4 Å². The number of carbonyl (C=O) groups is 2. The van der Waals surface area contributed by atoms with Crippen LogP contribution in [0, 0.1) is 0 Å². The molecule has 0 atom stereocenters. The van der Waals surface area contributed by atoms with E-state index in [4.69, 9.17) is 0 Å². The predicted octanol–water partition coefficient (Wildman–Crippen LogP) is 3.74. The van der Waals surface area contributed by atoms with E-state index in [2.05, 4.69) is 10.6 Å². The summed E-state index contributed by atoms with van der Waals surface area (Å²) in [5, 5.41) is 7.48. The molecule has 1 heterocycles. The van der Waals surface area contributed by atoms with E-state index in [9.17, 15) is 9.59 Å². The first-order chi connectivity index (χ1) is 9.70. The number of carbonyl (C=O) groups excluding carboxylic acids is 2. The van der Waals surface area contributed by atoms with Crippen LogP contribution in [0.3, 0.4) is 0 Å². The number of para-hydroxylation sites is 2. The Labute approximate surface area is 121 Å². The van der Waals surface area contributed by atoms with Gasteiger partial charge in [0.1, 0.15) is 0 Å². The monoisotopic (exact) mass is 288 g/mol. The second-order valence-electron chi connectivity index (χ2n) is 4.28. The zero-order valence-corrected chi connectivity index (χ0v) is 12.0. The van der Waals surface area contributed by atoms with E-state index < -0.39 is 0 Å². The summed E-state index contributed by atoms with van der Waals surface area (Å²) in [4.78, 5) is 24.3. The molecule has 0 fully saturated rings. The van der Waals surface area contributed by atoms with Gasteiger partial charge in [-0.1, -0.05) is 25.1 Å². The molecule has 0 radical (unpaired) electrons. The number of benzene rings is 1. The summed E-state index contributed by atoms with van der Waals surface area (Å²) in [7, 11) is 0. The SMILES string of the molecule is CCCC(=O)Nc1ccccc1NC(=O)c1cccs1. The van der Waals surface area contributed by atoms with Gasteiger partial charge in [0.15, 0.2) is 0 Å². The standard InChI is InChI=1S/C15H16N2O2S/c1-2-6-14(18)16-11-7-3-4-8-12(11)17-15(19)13-9-5-10-20-13/h3-5,7-10H,2,6H2,1H3,(H,16,18)(H,17,19). The van der Waals surface area contributed by atoms with Crippen molar-refractivity contribution in [3.05, 3.63) is 46.7 Å². The van der Waals surface area contributed by atoms with Crippen molar-refractivity contribution in [2.24, 2.45) is 0 Å². The van der Waals surface area contributed by atoms with Crippen molar-refractivity contribution in [2.75, 3.05) is 10.6 Å². The van der Waals surface area contributed by atoms with Crippen molar-refractivity contribution in [2.45, 2.75) is 19.8 Å². The van der Waals surface area contributed by atoms with Crippen molar-refractivity contribution in [3.8, 4) is 0 Å². The second kappa shape index (κ2) is 6.86. The van der Waals surface area contributed by atoms with E-state index in [0.29, 0.717) is 22.7 Å². The largest absolute Gasteiger partial charge is 0.324 e. The van der Waals surface area contributed by atoms with Crippen molar-refractivity contribution in [1.82, 2.24) is 0 Å². The molecule has 0 saturated heterocycles. The minimum atomic E-state index is -0.169. The van der Waals surface area contributed by atoms with Crippen LogP contribution in [0.15, 0.2) is 41.8 Å². The molecule has 4 nitrogen and oxygen atoms in total. The molecule has 2 aromatic rings. The van der Waals surface area contributed by atoms with E-state index in [1.807, 2.05) is 30.5 Å². The quantitative estimate of drug-likeness (QED) is 0.880. The van der Waals surface area contributed by atoms with E-state index in [1.165, 1.54) is 11.3 Å². The summed E-state index contributed by atoms with van der Waals surface area (Å²) in [6.07, 6.45) is 1.25. The van der Waals surface area contributed by atoms with Crippen LogP contribution in [-0.4, -0.2) is 11.8 Å². The minimum absolute atomic E-state index is 0.0506. The summed E-state index contributed by atoms with van der Waals surface area (Å²) in [6.45, 7) is 1.95. The highest BCUT2D eigenvalue weighted by Crippen LogP contribution is 2.22. The van der Waals surface area contributed by atoms with Crippen molar-refractivity contribution < 1.29 is 9.59 Å². The molecular weight excluding hydrogens is 272 g/mol. The van der Waals surface area contributed by atoms with Crippen molar-refractivity contribution >= 4 is 34.5 Å². The molecule has 104 valence electrons. The lowest BCUT2D eigenvalue weighted by molar-refractivity contribution is -0.116. The molecule has 0 unspecified atom stereocenters. The van der Waals surface area contributed by atoms with Crippen LogP contribution in [-0.2, 0) is 4.79 Å². The number of nitrogens with one attached hydrogen (secondary N) is 2. The fraction of sp³-hybridized carbons (Fsp3) is 0.200. The Hall–Kier alpha value is -2.14. The Bertz CT molecular complexity index is 594. The highest BCUT2D eigenvalue weighted by molar-refractivity contribution is 7.12. The van der Waals surface area contributed by atoms with Gasteiger partial charge in [-0.25, -0.2) is 0 Å². The van der Waals surface area contributed by atoms with Gasteiger partial charge in [-0.3, -0.25) is 9.59 Å². The topological polar surface area (TPSA) is 58.2 Å². The zero-order valence-electron chi connectivity index (χ0n) is 11.2. The van der Waals surface area contributed by atoms with Gasteiger partial charge in [0.25, 0.3) is 5.91 Å². The molecule has 5 heteroatoms.